The van der Waals surface area contributed by atoms with Crippen molar-refractivity contribution in [1.82, 2.24) is 0 Å². The Morgan fingerprint density at radius 1 is 0.731 bits per heavy atom. The number of hydrogen-bond donors (Lipinski definition) is 1. The van der Waals surface area contributed by atoms with Gasteiger partial charge in [-0.15, -0.1) is 0 Å². The first kappa shape index (κ1) is 16.1. The zero-order valence-electron chi connectivity index (χ0n) is 14.8. The van der Waals surface area contributed by atoms with Crippen molar-refractivity contribution < 1.29 is 4.57 Å². The van der Waals surface area contributed by atoms with Crippen LogP contribution in [0.25, 0.3) is 27.8 Å². The molecular formula is C24H21N2+. The summed E-state index contributed by atoms with van der Waals surface area (Å²) in [4.78, 5) is 0. The number of benzene rings is 3. The Bertz CT molecular complexity index is 1120. The van der Waals surface area contributed by atoms with Gasteiger partial charge in [-0.05, 0) is 29.7 Å². The fourth-order valence-electron chi connectivity index (χ4n) is 3.23. The van der Waals surface area contributed by atoms with Crippen LogP contribution in [0, 0.1) is 0 Å². The van der Waals surface area contributed by atoms with Crippen LogP contribution in [0.2, 0.25) is 0 Å². The molecule has 0 radical (unpaired) electrons. The molecule has 0 atom stereocenters. The van der Waals surface area contributed by atoms with Gasteiger partial charge in [0, 0.05) is 40.9 Å². The van der Waals surface area contributed by atoms with E-state index < -0.39 is 0 Å². The molecule has 0 aliphatic heterocycles. The van der Waals surface area contributed by atoms with Crippen LogP contribution < -0.4 is 9.88 Å². The van der Waals surface area contributed by atoms with Gasteiger partial charge in [-0.3, -0.25) is 0 Å². The largest absolute Gasteiger partial charge is 0.361 e. The van der Waals surface area contributed by atoms with Gasteiger partial charge in [0.1, 0.15) is 7.05 Å². The van der Waals surface area contributed by atoms with Gasteiger partial charge in [-0.25, -0.2) is 0 Å². The molecule has 0 bridgehead atoms. The van der Waals surface area contributed by atoms with Crippen LogP contribution in [0.5, 0.6) is 0 Å². The van der Waals surface area contributed by atoms with Gasteiger partial charge in [0.2, 0.25) is 11.2 Å². The highest BCUT2D eigenvalue weighted by atomic mass is 14.9. The number of nitrogens with zero attached hydrogens (tertiary/aromatic N) is 1. The Hall–Kier alpha value is -3.39. The molecule has 0 unspecified atom stereocenters. The summed E-state index contributed by atoms with van der Waals surface area (Å²) in [5.41, 5.74) is 3.51. The van der Waals surface area contributed by atoms with E-state index in [4.69, 9.17) is 0 Å². The number of fused-ring (bicyclic) bond motifs is 2. The third-order valence-corrected chi connectivity index (χ3v) is 4.62. The van der Waals surface area contributed by atoms with Crippen molar-refractivity contribution in [2.24, 2.45) is 7.05 Å². The van der Waals surface area contributed by atoms with Crippen LogP contribution >= 0.6 is 0 Å². The van der Waals surface area contributed by atoms with E-state index in [0.717, 1.165) is 5.69 Å². The fraction of sp³-hybridized carbons (Fsp3) is 0.0417. The number of pyridine rings is 1. The van der Waals surface area contributed by atoms with Crippen LogP contribution in [0.15, 0.2) is 97.2 Å². The number of hydrogen-bond acceptors (Lipinski definition) is 1. The summed E-state index contributed by atoms with van der Waals surface area (Å²) < 4.78 is 2.21. The lowest BCUT2D eigenvalue weighted by atomic mass is 10.1. The molecule has 126 valence electrons. The summed E-state index contributed by atoms with van der Waals surface area (Å²) in [5.74, 6) is 0. The van der Waals surface area contributed by atoms with Crippen molar-refractivity contribution in [2.75, 3.05) is 5.32 Å². The molecule has 2 nitrogen and oxygen atoms in total. The van der Waals surface area contributed by atoms with Gasteiger partial charge >= 0.3 is 0 Å². The maximum Gasteiger partial charge on any atom is 0.212 e. The van der Waals surface area contributed by atoms with Gasteiger partial charge in [0.05, 0.1) is 0 Å². The van der Waals surface area contributed by atoms with E-state index in [2.05, 4.69) is 108 Å². The molecule has 1 N–H and O–H groups in total. The summed E-state index contributed by atoms with van der Waals surface area (Å²) in [6.45, 7) is 0. The van der Waals surface area contributed by atoms with Gasteiger partial charge in [-0.1, -0.05) is 54.6 Å². The number of para-hydroxylation sites is 1. The van der Waals surface area contributed by atoms with Crippen LogP contribution in [-0.4, -0.2) is 0 Å². The number of aromatic nitrogens is 1. The lowest BCUT2D eigenvalue weighted by Gasteiger charge is -2.05. The Labute approximate surface area is 153 Å². The van der Waals surface area contributed by atoms with Crippen molar-refractivity contribution in [3.05, 3.63) is 103 Å². The number of nitrogens with one attached hydrogen (secondary N) is 1. The first-order valence-corrected chi connectivity index (χ1v) is 8.78. The third kappa shape index (κ3) is 3.22. The molecule has 3 aromatic carbocycles. The maximum atomic E-state index is 3.38. The second kappa shape index (κ2) is 7.24. The minimum atomic E-state index is 1.11. The van der Waals surface area contributed by atoms with Crippen LogP contribution in [-0.2, 0) is 7.05 Å². The van der Waals surface area contributed by atoms with E-state index >= 15 is 0 Å². The number of allylic oxidation sites excluding steroid dienone is 2. The number of aryl methyl sites for hydroxylation is 1. The number of anilines is 1. The predicted octanol–water partition coefficient (Wildman–Crippen LogP) is 5.46. The summed E-state index contributed by atoms with van der Waals surface area (Å²) >= 11 is 0. The highest BCUT2D eigenvalue weighted by Crippen LogP contribution is 2.22. The number of rotatable bonds is 4. The zero-order valence-corrected chi connectivity index (χ0v) is 14.8. The molecule has 0 fully saturated rings. The van der Waals surface area contributed by atoms with Crippen molar-refractivity contribution in [2.45, 2.75) is 0 Å². The van der Waals surface area contributed by atoms with E-state index in [1.54, 1.807) is 0 Å². The van der Waals surface area contributed by atoms with E-state index in [9.17, 15) is 0 Å². The molecule has 0 saturated carbocycles. The van der Waals surface area contributed by atoms with E-state index in [1.165, 1.54) is 27.4 Å². The molecular weight excluding hydrogens is 316 g/mol. The summed E-state index contributed by atoms with van der Waals surface area (Å²) in [6, 6.07) is 27.4. The molecule has 0 spiro atoms. The Balaban J connectivity index is 1.51. The Morgan fingerprint density at radius 2 is 1.50 bits per heavy atom. The highest BCUT2D eigenvalue weighted by molar-refractivity contribution is 5.94. The normalized spacial score (nSPS) is 11.7. The molecule has 0 aliphatic rings. The Kier molecular flexibility index (Phi) is 4.48. The second-order valence-electron chi connectivity index (χ2n) is 6.27. The van der Waals surface area contributed by atoms with E-state index in [1.807, 2.05) is 12.3 Å². The maximum absolute atomic E-state index is 3.38. The molecule has 0 aliphatic carbocycles. The van der Waals surface area contributed by atoms with E-state index in [-0.39, 0.29) is 0 Å². The second-order valence-corrected chi connectivity index (χ2v) is 6.27. The van der Waals surface area contributed by atoms with Gasteiger partial charge in [0.25, 0.3) is 0 Å². The topological polar surface area (TPSA) is 15.9 Å². The first-order chi connectivity index (χ1) is 12.8. The molecule has 1 heterocycles. The summed E-state index contributed by atoms with van der Waals surface area (Å²) in [7, 11) is 2.10. The van der Waals surface area contributed by atoms with Gasteiger partial charge in [0.15, 0.2) is 0 Å². The van der Waals surface area contributed by atoms with Crippen LogP contribution in [0.1, 0.15) is 5.69 Å². The summed E-state index contributed by atoms with van der Waals surface area (Å²) in [6.07, 6.45) is 8.17. The lowest BCUT2D eigenvalue weighted by Crippen LogP contribution is -2.32. The van der Waals surface area contributed by atoms with Crippen molar-refractivity contribution in [3.8, 4) is 0 Å². The lowest BCUT2D eigenvalue weighted by molar-refractivity contribution is -0.646. The molecule has 2 heteroatoms. The summed E-state index contributed by atoms with van der Waals surface area (Å²) in [5, 5.41) is 7.10. The van der Waals surface area contributed by atoms with E-state index in [0.29, 0.717) is 0 Å². The Morgan fingerprint density at radius 3 is 2.42 bits per heavy atom. The molecule has 4 rings (SSSR count). The molecule has 26 heavy (non-hydrogen) atoms. The first-order valence-electron chi connectivity index (χ1n) is 8.78. The smallest absolute Gasteiger partial charge is 0.212 e. The quantitative estimate of drug-likeness (QED) is 0.386. The average molecular weight is 337 g/mol. The minimum Gasteiger partial charge on any atom is -0.361 e. The van der Waals surface area contributed by atoms with Gasteiger partial charge < -0.3 is 5.32 Å². The van der Waals surface area contributed by atoms with Crippen molar-refractivity contribution >= 4 is 33.4 Å². The van der Waals surface area contributed by atoms with Crippen LogP contribution in [0.4, 0.5) is 5.69 Å². The van der Waals surface area contributed by atoms with Gasteiger partial charge in [-0.2, -0.15) is 4.57 Å². The highest BCUT2D eigenvalue weighted by Gasteiger charge is 2.07. The van der Waals surface area contributed by atoms with Crippen molar-refractivity contribution in [1.29, 1.82) is 0 Å². The monoisotopic (exact) mass is 337 g/mol. The zero-order chi connectivity index (χ0) is 17.8. The molecule has 0 amide bonds. The predicted molar refractivity (Wildman–Crippen MR) is 111 cm³/mol. The van der Waals surface area contributed by atoms with Crippen LogP contribution in [0.3, 0.4) is 0 Å². The minimum absolute atomic E-state index is 1.11. The molecule has 4 aromatic rings. The third-order valence-electron chi connectivity index (χ3n) is 4.62. The van der Waals surface area contributed by atoms with Crippen molar-refractivity contribution in [3.63, 3.8) is 0 Å². The fourth-order valence-corrected chi connectivity index (χ4v) is 3.23. The SMILES string of the molecule is C[n+]1c(C=CC=CNc2cccc3ccccc23)ccc2ccccc21. The molecule has 1 aromatic heterocycles. The standard InChI is InChI=1S/C24H20N2/c1-26-21(17-16-20-10-3-5-15-24(20)26)12-6-7-18-25-23-14-8-11-19-9-2-4-13-22(19)23/h2-18H,1H3/p+1. The average Bonchev–Trinajstić information content (AvgIpc) is 2.69. The molecule has 0 saturated heterocycles.